The molecule has 0 radical (unpaired) electrons. The van der Waals surface area contributed by atoms with Crippen LogP contribution in [0.3, 0.4) is 0 Å². The molecular formula is C26H29N3O2S. The number of imidazole rings is 1. The molecular weight excluding hydrogens is 418 g/mol. The molecule has 6 heteroatoms. The second kappa shape index (κ2) is 10.6. The molecule has 2 aromatic carbocycles. The molecule has 0 amide bonds. The summed E-state index contributed by atoms with van der Waals surface area (Å²) in [5.41, 5.74) is 3.64. The third-order valence-corrected chi connectivity index (χ3v) is 6.43. The van der Waals surface area contributed by atoms with E-state index in [4.69, 9.17) is 9.72 Å². The minimum absolute atomic E-state index is 0.345. The van der Waals surface area contributed by atoms with Gasteiger partial charge in [-0.2, -0.15) is 5.10 Å². The number of rotatable bonds is 10. The third kappa shape index (κ3) is 5.43. The zero-order chi connectivity index (χ0) is 22.3. The summed E-state index contributed by atoms with van der Waals surface area (Å²) in [5.74, 6) is 0.174. The van der Waals surface area contributed by atoms with Gasteiger partial charge in [-0.05, 0) is 61.2 Å². The van der Waals surface area contributed by atoms with Crippen LogP contribution >= 0.6 is 11.3 Å². The van der Waals surface area contributed by atoms with Gasteiger partial charge in [-0.25, -0.2) is 14.3 Å². The van der Waals surface area contributed by atoms with Crippen LogP contribution in [-0.2, 0) is 12.8 Å². The minimum atomic E-state index is -0.345. The first kappa shape index (κ1) is 22.2. The molecule has 32 heavy (non-hydrogen) atoms. The summed E-state index contributed by atoms with van der Waals surface area (Å²) in [5, 5.41) is 5.78. The van der Waals surface area contributed by atoms with E-state index in [1.165, 1.54) is 24.8 Å². The summed E-state index contributed by atoms with van der Waals surface area (Å²) in [6.07, 6.45) is 9.93. The Kier molecular flexibility index (Phi) is 7.32. The number of aryl methyl sites for hydroxylation is 2. The Labute approximate surface area is 193 Å². The lowest BCUT2D eigenvalue weighted by molar-refractivity contribution is 0.0735. The van der Waals surface area contributed by atoms with Crippen LogP contribution < -0.4 is 4.74 Å². The van der Waals surface area contributed by atoms with E-state index < -0.39 is 0 Å². The summed E-state index contributed by atoms with van der Waals surface area (Å²) in [6.45, 7) is 4.38. The predicted molar refractivity (Wildman–Crippen MR) is 130 cm³/mol. The lowest BCUT2D eigenvalue weighted by Gasteiger charge is -2.06. The number of fused-ring (bicyclic) bond motifs is 1. The average Bonchev–Trinajstić information content (AvgIpc) is 3.38. The van der Waals surface area contributed by atoms with Crippen molar-refractivity contribution in [3.05, 3.63) is 70.9 Å². The minimum Gasteiger partial charge on any atom is -0.423 e. The molecule has 166 valence electrons. The van der Waals surface area contributed by atoms with Crippen LogP contribution in [0.15, 0.2) is 54.7 Å². The van der Waals surface area contributed by atoms with Crippen LogP contribution in [0.25, 0.3) is 16.2 Å². The molecule has 4 aromatic rings. The van der Waals surface area contributed by atoms with Crippen molar-refractivity contribution in [2.45, 2.75) is 58.8 Å². The first-order chi connectivity index (χ1) is 15.7. The molecule has 0 saturated heterocycles. The number of aromatic nitrogens is 3. The summed E-state index contributed by atoms with van der Waals surface area (Å²) < 4.78 is 7.40. The molecule has 4 rings (SSSR count). The van der Waals surface area contributed by atoms with E-state index in [1.807, 2.05) is 47.1 Å². The maximum absolute atomic E-state index is 12.5. The molecule has 0 spiro atoms. The van der Waals surface area contributed by atoms with Crippen molar-refractivity contribution in [1.29, 1.82) is 0 Å². The number of carbonyl (C=O) groups excluding carboxylic acids is 1. The number of esters is 1. The standard InChI is InChI=1S/C26H29N3O2S/c1-3-5-7-9-24-28-29-18-23(27-26(29)32-24)20-14-16-22(17-15-20)31-25(30)21-12-10-19(11-13-21)8-6-4-2/h10-18H,3-9H2,1-2H3. The highest BCUT2D eigenvalue weighted by atomic mass is 32.1. The molecule has 0 aliphatic heterocycles. The molecule has 2 aromatic heterocycles. The van der Waals surface area contributed by atoms with Crippen LogP contribution in [0, 0.1) is 0 Å². The number of hydrogen-bond donors (Lipinski definition) is 0. The van der Waals surface area contributed by atoms with Crippen LogP contribution in [0.1, 0.15) is 66.9 Å². The summed E-state index contributed by atoms with van der Waals surface area (Å²) >= 11 is 1.65. The highest BCUT2D eigenvalue weighted by molar-refractivity contribution is 7.16. The normalized spacial score (nSPS) is 11.2. The van der Waals surface area contributed by atoms with Gasteiger partial charge in [-0.1, -0.05) is 56.6 Å². The monoisotopic (exact) mass is 447 g/mol. The zero-order valence-corrected chi connectivity index (χ0v) is 19.5. The van der Waals surface area contributed by atoms with Gasteiger partial charge < -0.3 is 4.74 Å². The molecule has 0 N–H and O–H groups in total. The SMILES string of the molecule is CCCCCc1nn2cc(-c3ccc(OC(=O)c4ccc(CCCC)cc4)cc3)nc2s1. The molecule has 5 nitrogen and oxygen atoms in total. The predicted octanol–water partition coefficient (Wildman–Crippen LogP) is 6.75. The number of benzene rings is 2. The van der Waals surface area contributed by atoms with Crippen molar-refractivity contribution in [2.75, 3.05) is 0 Å². The average molecular weight is 448 g/mol. The van der Waals surface area contributed by atoms with Crippen molar-refractivity contribution in [2.24, 2.45) is 0 Å². The van der Waals surface area contributed by atoms with Gasteiger partial charge >= 0.3 is 5.97 Å². The Morgan fingerprint density at radius 3 is 2.38 bits per heavy atom. The second-order valence-corrected chi connectivity index (χ2v) is 9.06. The van der Waals surface area contributed by atoms with E-state index in [0.29, 0.717) is 11.3 Å². The topological polar surface area (TPSA) is 56.5 Å². The molecule has 0 unspecified atom stereocenters. The van der Waals surface area contributed by atoms with E-state index in [1.54, 1.807) is 23.5 Å². The number of ether oxygens (including phenoxy) is 1. The highest BCUT2D eigenvalue weighted by Gasteiger charge is 2.12. The Hall–Kier alpha value is -2.99. The quantitative estimate of drug-likeness (QED) is 0.153. The van der Waals surface area contributed by atoms with Gasteiger partial charge in [0.05, 0.1) is 17.5 Å². The molecule has 0 aliphatic rings. The molecule has 0 fully saturated rings. The van der Waals surface area contributed by atoms with Gasteiger partial charge in [-0.3, -0.25) is 0 Å². The summed E-state index contributed by atoms with van der Waals surface area (Å²) in [7, 11) is 0. The zero-order valence-electron chi connectivity index (χ0n) is 18.7. The maximum atomic E-state index is 12.5. The Bertz CT molecular complexity index is 1130. The van der Waals surface area contributed by atoms with E-state index >= 15 is 0 Å². The first-order valence-electron chi connectivity index (χ1n) is 11.4. The third-order valence-electron chi connectivity index (χ3n) is 5.45. The van der Waals surface area contributed by atoms with Crippen LogP contribution in [0.5, 0.6) is 5.75 Å². The fraction of sp³-hybridized carbons (Fsp3) is 0.346. The van der Waals surface area contributed by atoms with Crippen molar-refractivity contribution in [1.82, 2.24) is 14.6 Å². The van der Waals surface area contributed by atoms with Crippen molar-refractivity contribution in [3.63, 3.8) is 0 Å². The van der Waals surface area contributed by atoms with Crippen LogP contribution in [-0.4, -0.2) is 20.6 Å². The van der Waals surface area contributed by atoms with E-state index in [9.17, 15) is 4.79 Å². The Morgan fingerprint density at radius 1 is 0.938 bits per heavy atom. The molecule has 0 saturated carbocycles. The van der Waals surface area contributed by atoms with Crippen molar-refractivity contribution < 1.29 is 9.53 Å². The van der Waals surface area contributed by atoms with Gasteiger partial charge in [0.15, 0.2) is 0 Å². The van der Waals surface area contributed by atoms with E-state index in [2.05, 4.69) is 18.9 Å². The van der Waals surface area contributed by atoms with Crippen LogP contribution in [0.4, 0.5) is 0 Å². The number of unbranched alkanes of at least 4 members (excludes halogenated alkanes) is 3. The summed E-state index contributed by atoms with van der Waals surface area (Å²) in [6, 6.07) is 15.1. The maximum Gasteiger partial charge on any atom is 0.343 e. The first-order valence-corrected chi connectivity index (χ1v) is 12.2. The van der Waals surface area contributed by atoms with Crippen molar-refractivity contribution in [3.8, 4) is 17.0 Å². The molecule has 0 bridgehead atoms. The van der Waals surface area contributed by atoms with Crippen LogP contribution in [0.2, 0.25) is 0 Å². The van der Waals surface area contributed by atoms with Gasteiger partial charge in [0.2, 0.25) is 4.96 Å². The smallest absolute Gasteiger partial charge is 0.343 e. The molecule has 2 heterocycles. The number of carbonyl (C=O) groups is 1. The second-order valence-electron chi connectivity index (χ2n) is 8.02. The van der Waals surface area contributed by atoms with Gasteiger partial charge in [-0.15, -0.1) is 0 Å². The largest absolute Gasteiger partial charge is 0.423 e. The lowest BCUT2D eigenvalue weighted by Crippen LogP contribution is -2.08. The van der Waals surface area contributed by atoms with Gasteiger partial charge in [0, 0.05) is 12.0 Å². The van der Waals surface area contributed by atoms with E-state index in [-0.39, 0.29) is 5.97 Å². The molecule has 0 aliphatic carbocycles. The van der Waals surface area contributed by atoms with Gasteiger partial charge in [0.1, 0.15) is 10.8 Å². The highest BCUT2D eigenvalue weighted by Crippen LogP contribution is 2.25. The van der Waals surface area contributed by atoms with Crippen molar-refractivity contribution >= 4 is 22.3 Å². The summed E-state index contributed by atoms with van der Waals surface area (Å²) in [4.78, 5) is 18.1. The Morgan fingerprint density at radius 2 is 1.69 bits per heavy atom. The number of nitrogens with zero attached hydrogens (tertiary/aromatic N) is 3. The van der Waals surface area contributed by atoms with Gasteiger partial charge in [0.25, 0.3) is 0 Å². The lowest BCUT2D eigenvalue weighted by atomic mass is 10.1. The van der Waals surface area contributed by atoms with E-state index in [0.717, 1.165) is 46.9 Å². The number of hydrogen-bond acceptors (Lipinski definition) is 5. The Balaban J connectivity index is 1.38. The fourth-order valence-corrected chi connectivity index (χ4v) is 4.47. The molecule has 0 atom stereocenters. The fourth-order valence-electron chi connectivity index (χ4n) is 3.56.